The third kappa shape index (κ3) is 3.81. The van der Waals surface area contributed by atoms with Crippen LogP contribution >= 0.6 is 11.3 Å². The summed E-state index contributed by atoms with van der Waals surface area (Å²) in [6.07, 6.45) is 1.54. The van der Waals surface area contributed by atoms with Gasteiger partial charge in [0.2, 0.25) is 5.91 Å². The predicted octanol–water partition coefficient (Wildman–Crippen LogP) is 2.35. The molecule has 1 aliphatic heterocycles. The fourth-order valence-corrected chi connectivity index (χ4v) is 3.67. The van der Waals surface area contributed by atoms with Gasteiger partial charge in [-0.15, -0.1) is 11.3 Å². The molecule has 0 aromatic carbocycles. The number of hydrogen-bond donors (Lipinski definition) is 1. The van der Waals surface area contributed by atoms with Crippen molar-refractivity contribution in [2.24, 2.45) is 11.8 Å². The highest BCUT2D eigenvalue weighted by atomic mass is 32.1. The highest BCUT2D eigenvalue weighted by Crippen LogP contribution is 2.38. The Bertz CT molecular complexity index is 509. The van der Waals surface area contributed by atoms with Crippen LogP contribution in [0, 0.1) is 11.8 Å². The number of anilines is 1. The molecule has 1 aliphatic carbocycles. The topological polar surface area (TPSA) is 54.5 Å². The average Bonchev–Trinajstić information content (AvgIpc) is 2.96. The van der Waals surface area contributed by atoms with E-state index in [1.807, 2.05) is 5.38 Å². The number of hydrogen-bond acceptors (Lipinski definition) is 5. The van der Waals surface area contributed by atoms with Crippen molar-refractivity contribution in [3.05, 3.63) is 11.1 Å². The lowest BCUT2D eigenvalue weighted by molar-refractivity contribution is -0.117. The zero-order valence-electron chi connectivity index (χ0n) is 12.8. The van der Waals surface area contributed by atoms with E-state index >= 15 is 0 Å². The van der Waals surface area contributed by atoms with Crippen LogP contribution in [0.25, 0.3) is 0 Å². The number of nitrogens with zero attached hydrogens (tertiary/aromatic N) is 2. The van der Waals surface area contributed by atoms with Crippen LogP contribution in [0.1, 0.15) is 32.9 Å². The smallest absolute Gasteiger partial charge is 0.229 e. The maximum Gasteiger partial charge on any atom is 0.229 e. The van der Waals surface area contributed by atoms with Crippen LogP contribution in [-0.4, -0.2) is 41.1 Å². The van der Waals surface area contributed by atoms with E-state index in [1.54, 1.807) is 0 Å². The summed E-state index contributed by atoms with van der Waals surface area (Å²) in [7, 11) is 0. The van der Waals surface area contributed by atoms with E-state index in [0.717, 1.165) is 36.9 Å². The zero-order chi connectivity index (χ0) is 15.0. The van der Waals surface area contributed by atoms with Crippen LogP contribution < -0.4 is 5.32 Å². The van der Waals surface area contributed by atoms with Gasteiger partial charge in [-0.3, -0.25) is 9.69 Å². The second kappa shape index (κ2) is 6.02. The third-order valence-corrected chi connectivity index (χ3v) is 4.92. The molecule has 0 radical (unpaired) electrons. The molecule has 2 heterocycles. The Kier molecular flexibility index (Phi) is 4.28. The molecule has 4 unspecified atom stereocenters. The van der Waals surface area contributed by atoms with Gasteiger partial charge in [-0.2, -0.15) is 0 Å². The molecule has 2 fully saturated rings. The Labute approximate surface area is 129 Å². The number of morpholine rings is 1. The maximum atomic E-state index is 11.9. The molecule has 21 heavy (non-hydrogen) atoms. The summed E-state index contributed by atoms with van der Waals surface area (Å²) in [4.78, 5) is 18.8. The van der Waals surface area contributed by atoms with Gasteiger partial charge >= 0.3 is 0 Å². The summed E-state index contributed by atoms with van der Waals surface area (Å²) in [6, 6.07) is 0. The lowest BCUT2D eigenvalue weighted by atomic mass is 10.2. The zero-order valence-corrected chi connectivity index (χ0v) is 13.7. The third-order valence-electron chi connectivity index (χ3n) is 4.11. The number of amides is 1. The first kappa shape index (κ1) is 14.9. The molecule has 1 saturated carbocycles. The molecule has 1 saturated heterocycles. The average molecular weight is 309 g/mol. The van der Waals surface area contributed by atoms with Crippen molar-refractivity contribution < 1.29 is 9.53 Å². The highest BCUT2D eigenvalue weighted by Gasteiger charge is 2.39. The monoisotopic (exact) mass is 309 g/mol. The molecule has 1 amide bonds. The summed E-state index contributed by atoms with van der Waals surface area (Å²) < 4.78 is 5.74. The van der Waals surface area contributed by atoms with Crippen molar-refractivity contribution in [3.8, 4) is 0 Å². The number of nitrogens with one attached hydrogen (secondary N) is 1. The molecule has 116 valence electrons. The van der Waals surface area contributed by atoms with E-state index < -0.39 is 0 Å². The number of ether oxygens (including phenoxy) is 1. The lowest BCUT2D eigenvalue weighted by Gasteiger charge is -2.34. The Hall–Kier alpha value is -0.980. The summed E-state index contributed by atoms with van der Waals surface area (Å²) in [5, 5.41) is 5.70. The molecule has 1 aromatic heterocycles. The highest BCUT2D eigenvalue weighted by molar-refractivity contribution is 7.13. The van der Waals surface area contributed by atoms with E-state index in [1.165, 1.54) is 11.3 Å². The van der Waals surface area contributed by atoms with Crippen molar-refractivity contribution in [1.29, 1.82) is 0 Å². The van der Waals surface area contributed by atoms with Crippen molar-refractivity contribution in [3.63, 3.8) is 0 Å². The van der Waals surface area contributed by atoms with Crippen molar-refractivity contribution in [2.45, 2.75) is 45.9 Å². The normalized spacial score (nSPS) is 32.9. The second-order valence-corrected chi connectivity index (χ2v) is 7.26. The van der Waals surface area contributed by atoms with Gasteiger partial charge in [-0.25, -0.2) is 4.98 Å². The van der Waals surface area contributed by atoms with Crippen LogP contribution in [0.2, 0.25) is 0 Å². The minimum atomic E-state index is 0.122. The summed E-state index contributed by atoms with van der Waals surface area (Å²) >= 11 is 1.51. The van der Waals surface area contributed by atoms with Gasteiger partial charge in [-0.05, 0) is 26.2 Å². The Morgan fingerprint density at radius 1 is 1.43 bits per heavy atom. The van der Waals surface area contributed by atoms with Crippen LogP contribution in [0.4, 0.5) is 5.13 Å². The fourth-order valence-electron chi connectivity index (χ4n) is 2.97. The van der Waals surface area contributed by atoms with E-state index in [9.17, 15) is 4.79 Å². The van der Waals surface area contributed by atoms with Crippen LogP contribution in [0.15, 0.2) is 5.38 Å². The first-order valence-corrected chi connectivity index (χ1v) is 8.52. The van der Waals surface area contributed by atoms with Gasteiger partial charge < -0.3 is 10.1 Å². The maximum absolute atomic E-state index is 11.9. The quantitative estimate of drug-likeness (QED) is 0.927. The standard InChI is InChI=1S/C15H23N3O2S/c1-9-4-13(9)14(19)17-15-16-12(8-21-15)7-18-5-10(2)20-11(3)6-18/h8-11,13H,4-7H2,1-3H3,(H,16,17,19). The summed E-state index contributed by atoms with van der Waals surface area (Å²) in [6.45, 7) is 9.01. The minimum absolute atomic E-state index is 0.122. The van der Waals surface area contributed by atoms with E-state index in [-0.39, 0.29) is 24.0 Å². The largest absolute Gasteiger partial charge is 0.373 e. The molecule has 2 aliphatic rings. The number of thiazole rings is 1. The van der Waals surface area contributed by atoms with Crippen LogP contribution in [0.5, 0.6) is 0 Å². The molecular weight excluding hydrogens is 286 g/mol. The van der Waals surface area contributed by atoms with E-state index in [0.29, 0.717) is 5.92 Å². The Balaban J connectivity index is 1.54. The van der Waals surface area contributed by atoms with E-state index in [4.69, 9.17) is 4.74 Å². The Morgan fingerprint density at radius 2 is 2.10 bits per heavy atom. The predicted molar refractivity (Wildman–Crippen MR) is 83.3 cm³/mol. The molecule has 4 atom stereocenters. The molecule has 1 aromatic rings. The Morgan fingerprint density at radius 3 is 2.71 bits per heavy atom. The van der Waals surface area contributed by atoms with Crippen LogP contribution in [0.3, 0.4) is 0 Å². The van der Waals surface area contributed by atoms with Gasteiger partial charge in [0.1, 0.15) is 0 Å². The molecular formula is C15H23N3O2S. The molecule has 0 spiro atoms. The summed E-state index contributed by atoms with van der Waals surface area (Å²) in [5.41, 5.74) is 1.03. The molecule has 1 N–H and O–H groups in total. The van der Waals surface area contributed by atoms with Gasteiger partial charge in [0.15, 0.2) is 5.13 Å². The minimum Gasteiger partial charge on any atom is -0.373 e. The number of aromatic nitrogens is 1. The fraction of sp³-hybridized carbons (Fsp3) is 0.733. The van der Waals surface area contributed by atoms with Gasteiger partial charge in [0.25, 0.3) is 0 Å². The number of carbonyl (C=O) groups is 1. The lowest BCUT2D eigenvalue weighted by Crippen LogP contribution is -2.44. The first-order valence-electron chi connectivity index (χ1n) is 7.64. The summed E-state index contributed by atoms with van der Waals surface area (Å²) in [5.74, 6) is 0.844. The van der Waals surface area contributed by atoms with Crippen molar-refractivity contribution >= 4 is 22.4 Å². The van der Waals surface area contributed by atoms with Crippen LogP contribution in [-0.2, 0) is 16.1 Å². The molecule has 5 nitrogen and oxygen atoms in total. The van der Waals surface area contributed by atoms with Crippen molar-refractivity contribution in [1.82, 2.24) is 9.88 Å². The second-order valence-electron chi connectivity index (χ2n) is 6.40. The number of rotatable bonds is 4. The first-order chi connectivity index (χ1) is 10.0. The molecule has 6 heteroatoms. The van der Waals surface area contributed by atoms with Crippen molar-refractivity contribution in [2.75, 3.05) is 18.4 Å². The molecule has 0 bridgehead atoms. The molecule has 3 rings (SSSR count). The SMILES string of the molecule is CC1CN(Cc2csc(NC(=O)C3CC3C)n2)CC(C)O1. The van der Waals surface area contributed by atoms with Gasteiger partial charge in [0, 0.05) is 30.9 Å². The van der Waals surface area contributed by atoms with Gasteiger partial charge in [0.05, 0.1) is 17.9 Å². The van der Waals surface area contributed by atoms with E-state index in [2.05, 4.69) is 36.0 Å². The van der Waals surface area contributed by atoms with Gasteiger partial charge in [-0.1, -0.05) is 6.92 Å². The number of carbonyl (C=O) groups excluding carboxylic acids is 1.